The van der Waals surface area contributed by atoms with E-state index in [1.54, 1.807) is 7.05 Å². The Morgan fingerprint density at radius 2 is 2.33 bits per heavy atom. The van der Waals surface area contributed by atoms with E-state index in [1.165, 1.54) is 10.9 Å². The number of alkyl halides is 1. The first-order chi connectivity index (χ1) is 8.37. The van der Waals surface area contributed by atoms with Crippen molar-refractivity contribution >= 4 is 21.6 Å². The number of aryl methyl sites for hydroxylation is 1. The average Bonchev–Trinajstić information content (AvgIpc) is 2.84. The van der Waals surface area contributed by atoms with Gasteiger partial charge in [0.1, 0.15) is 11.3 Å². The molecule has 1 fully saturated rings. The first-order valence-corrected chi connectivity index (χ1v) is 7.13. The summed E-state index contributed by atoms with van der Waals surface area (Å²) >= 11 is 5.84. The normalized spacial score (nSPS) is 25.8. The minimum Gasteiger partial charge on any atom is -0.395 e. The zero-order valence-electron chi connectivity index (χ0n) is 9.62. The predicted octanol–water partition coefficient (Wildman–Crippen LogP) is 0.167. The van der Waals surface area contributed by atoms with E-state index in [1.807, 2.05) is 0 Å². The predicted molar refractivity (Wildman–Crippen MR) is 62.5 cm³/mol. The summed E-state index contributed by atoms with van der Waals surface area (Å²) in [6.45, 7) is -0.704. The van der Waals surface area contributed by atoms with Gasteiger partial charge in [-0.3, -0.25) is 0 Å². The van der Waals surface area contributed by atoms with Gasteiger partial charge in [0.2, 0.25) is 5.03 Å². The highest BCUT2D eigenvalue weighted by Gasteiger charge is 2.42. The topological polar surface area (TPSA) is 75.4 Å². The van der Waals surface area contributed by atoms with Crippen molar-refractivity contribution in [2.24, 2.45) is 7.05 Å². The second-order valence-electron chi connectivity index (χ2n) is 4.20. The van der Waals surface area contributed by atoms with Crippen LogP contribution in [0.15, 0.2) is 11.4 Å². The second-order valence-corrected chi connectivity index (χ2v) is 6.36. The molecule has 1 aliphatic rings. The molecule has 1 N–H and O–H groups in total. The van der Waals surface area contributed by atoms with Crippen LogP contribution in [-0.2, 0) is 17.1 Å². The Bertz CT molecular complexity index is 547. The van der Waals surface area contributed by atoms with Crippen LogP contribution in [0, 0.1) is 0 Å². The SMILES string of the molecule is Cn1cnc(S(=O)(=O)N2C[C@@H](F)C[C@H]2CO)c1Cl. The van der Waals surface area contributed by atoms with E-state index in [0.717, 1.165) is 4.31 Å². The fourth-order valence-electron chi connectivity index (χ4n) is 1.97. The molecule has 0 radical (unpaired) electrons. The van der Waals surface area contributed by atoms with Gasteiger partial charge in [0.05, 0.1) is 19.0 Å². The van der Waals surface area contributed by atoms with Gasteiger partial charge in [-0.1, -0.05) is 11.6 Å². The van der Waals surface area contributed by atoms with Crippen LogP contribution in [0.1, 0.15) is 6.42 Å². The molecule has 1 saturated heterocycles. The Balaban J connectivity index is 2.40. The molecule has 1 aromatic heterocycles. The van der Waals surface area contributed by atoms with E-state index in [4.69, 9.17) is 16.7 Å². The molecule has 0 saturated carbocycles. The Labute approximate surface area is 109 Å². The highest BCUT2D eigenvalue weighted by molar-refractivity contribution is 7.89. The van der Waals surface area contributed by atoms with Crippen molar-refractivity contribution in [1.82, 2.24) is 13.9 Å². The Hall–Kier alpha value is -0.700. The van der Waals surface area contributed by atoms with E-state index >= 15 is 0 Å². The van der Waals surface area contributed by atoms with Gasteiger partial charge < -0.3 is 9.67 Å². The van der Waals surface area contributed by atoms with Gasteiger partial charge in [0.25, 0.3) is 10.0 Å². The lowest BCUT2D eigenvalue weighted by Gasteiger charge is -2.20. The molecule has 18 heavy (non-hydrogen) atoms. The van der Waals surface area contributed by atoms with Crippen LogP contribution >= 0.6 is 11.6 Å². The number of aromatic nitrogens is 2. The molecule has 0 unspecified atom stereocenters. The van der Waals surface area contributed by atoms with Crippen molar-refractivity contribution in [2.45, 2.75) is 23.7 Å². The fourth-order valence-corrected chi connectivity index (χ4v) is 4.02. The molecule has 2 heterocycles. The minimum atomic E-state index is -3.97. The van der Waals surface area contributed by atoms with Crippen LogP contribution in [-0.4, -0.2) is 52.7 Å². The van der Waals surface area contributed by atoms with Crippen molar-refractivity contribution < 1.29 is 17.9 Å². The molecule has 9 heteroatoms. The Kier molecular flexibility index (Phi) is 3.63. The third-order valence-corrected chi connectivity index (χ3v) is 5.32. The number of sulfonamides is 1. The van der Waals surface area contributed by atoms with Gasteiger partial charge in [-0.05, 0) is 6.42 Å². The first-order valence-electron chi connectivity index (χ1n) is 5.31. The van der Waals surface area contributed by atoms with Crippen LogP contribution in [0.4, 0.5) is 4.39 Å². The molecule has 6 nitrogen and oxygen atoms in total. The highest BCUT2D eigenvalue weighted by Crippen LogP contribution is 2.29. The summed E-state index contributed by atoms with van der Waals surface area (Å²) in [4.78, 5) is 3.72. The summed E-state index contributed by atoms with van der Waals surface area (Å²) < 4.78 is 40.1. The minimum absolute atomic E-state index is 0.0137. The van der Waals surface area contributed by atoms with Crippen molar-refractivity contribution in [2.75, 3.05) is 13.2 Å². The standard InChI is InChI=1S/C9H13ClFN3O3S/c1-13-5-12-9(8(13)10)18(16,17)14-3-6(11)2-7(14)4-15/h5-7,15H,2-4H2,1H3/t6-,7-/m0/s1. The first kappa shape index (κ1) is 13.7. The molecule has 2 atom stereocenters. The van der Waals surface area contributed by atoms with Crippen molar-refractivity contribution in [3.8, 4) is 0 Å². The van der Waals surface area contributed by atoms with Crippen LogP contribution in [0.25, 0.3) is 0 Å². The van der Waals surface area contributed by atoms with Crippen molar-refractivity contribution in [3.05, 3.63) is 11.5 Å². The number of nitrogens with zero attached hydrogens (tertiary/aromatic N) is 3. The van der Waals surface area contributed by atoms with Crippen LogP contribution < -0.4 is 0 Å². The lowest BCUT2D eigenvalue weighted by atomic mass is 10.2. The van der Waals surface area contributed by atoms with E-state index in [2.05, 4.69) is 4.98 Å². The maximum atomic E-state index is 13.3. The van der Waals surface area contributed by atoms with E-state index in [9.17, 15) is 12.8 Å². The summed E-state index contributed by atoms with van der Waals surface area (Å²) in [5, 5.41) is 8.77. The monoisotopic (exact) mass is 297 g/mol. The zero-order valence-corrected chi connectivity index (χ0v) is 11.2. The molecule has 0 spiro atoms. The van der Waals surface area contributed by atoms with Crippen molar-refractivity contribution in [1.29, 1.82) is 0 Å². The molecule has 102 valence electrons. The van der Waals surface area contributed by atoms with Gasteiger partial charge >= 0.3 is 0 Å². The van der Waals surface area contributed by atoms with Gasteiger partial charge in [0.15, 0.2) is 0 Å². The fraction of sp³-hybridized carbons (Fsp3) is 0.667. The van der Waals surface area contributed by atoms with E-state index in [0.29, 0.717) is 0 Å². The van der Waals surface area contributed by atoms with Crippen molar-refractivity contribution in [3.63, 3.8) is 0 Å². The maximum absolute atomic E-state index is 13.3. The number of halogens is 2. The molecule has 2 rings (SSSR count). The van der Waals surface area contributed by atoms with Crippen LogP contribution in [0.2, 0.25) is 5.15 Å². The summed E-state index contributed by atoms with van der Waals surface area (Å²) in [5.41, 5.74) is 0. The molecular formula is C9H13ClFN3O3S. The lowest BCUT2D eigenvalue weighted by molar-refractivity contribution is 0.212. The molecular weight excluding hydrogens is 285 g/mol. The Morgan fingerprint density at radius 3 is 2.83 bits per heavy atom. The number of aliphatic hydroxyl groups excluding tert-OH is 1. The number of rotatable bonds is 3. The molecule has 1 aliphatic heterocycles. The quantitative estimate of drug-likeness (QED) is 0.863. The average molecular weight is 298 g/mol. The Morgan fingerprint density at radius 1 is 1.67 bits per heavy atom. The van der Waals surface area contributed by atoms with Gasteiger partial charge in [-0.25, -0.2) is 17.8 Å². The summed E-state index contributed by atoms with van der Waals surface area (Å²) in [7, 11) is -2.42. The number of hydrogen-bond acceptors (Lipinski definition) is 4. The highest BCUT2D eigenvalue weighted by atomic mass is 35.5. The largest absolute Gasteiger partial charge is 0.395 e. The smallest absolute Gasteiger partial charge is 0.264 e. The molecule has 0 bridgehead atoms. The second kappa shape index (κ2) is 4.76. The lowest BCUT2D eigenvalue weighted by Crippen LogP contribution is -2.38. The van der Waals surface area contributed by atoms with Gasteiger partial charge in [0, 0.05) is 13.6 Å². The van der Waals surface area contributed by atoms with Crippen LogP contribution in [0.5, 0.6) is 0 Å². The number of aliphatic hydroxyl groups is 1. The summed E-state index contributed by atoms with van der Waals surface area (Å²) in [6.07, 6.45) is -0.0220. The van der Waals surface area contributed by atoms with Gasteiger partial charge in [-0.2, -0.15) is 4.31 Å². The molecule has 0 aromatic carbocycles. The molecule has 1 aromatic rings. The summed E-state index contributed by atoms with van der Waals surface area (Å²) in [6, 6.07) is -0.761. The molecule has 0 aliphatic carbocycles. The zero-order chi connectivity index (χ0) is 13.5. The third kappa shape index (κ3) is 2.13. The number of hydrogen-bond donors (Lipinski definition) is 1. The van der Waals surface area contributed by atoms with Gasteiger partial charge in [-0.15, -0.1) is 0 Å². The molecule has 0 amide bonds. The maximum Gasteiger partial charge on any atom is 0.264 e. The summed E-state index contributed by atoms with van der Waals surface area (Å²) in [5.74, 6) is 0. The van der Waals surface area contributed by atoms with E-state index < -0.39 is 28.8 Å². The van der Waals surface area contributed by atoms with Crippen LogP contribution in [0.3, 0.4) is 0 Å². The third-order valence-electron chi connectivity index (χ3n) is 2.91. The van der Waals surface area contributed by atoms with E-state index in [-0.39, 0.29) is 23.1 Å². The number of imidazole rings is 1.